The molecular weight excluding hydrogens is 340 g/mol. The maximum Gasteiger partial charge on any atom is 0.265 e. The van der Waals surface area contributed by atoms with E-state index in [2.05, 4.69) is 10.6 Å². The highest BCUT2D eigenvalue weighted by Gasteiger charge is 2.22. The molecule has 1 fully saturated rings. The van der Waals surface area contributed by atoms with E-state index in [4.69, 9.17) is 9.47 Å². The fraction of sp³-hybridized carbons (Fsp3) is 0.444. The lowest BCUT2D eigenvalue weighted by atomic mass is 10.1. The number of hydrogen-bond donors (Lipinski definition) is 2. The quantitative estimate of drug-likeness (QED) is 0.842. The van der Waals surface area contributed by atoms with Crippen molar-refractivity contribution >= 4 is 29.3 Å². The molecule has 25 heavy (non-hydrogen) atoms. The van der Waals surface area contributed by atoms with Gasteiger partial charge in [-0.3, -0.25) is 9.59 Å². The number of thioether (sulfide) groups is 1. The lowest BCUT2D eigenvalue weighted by Crippen LogP contribution is -2.32. The van der Waals surface area contributed by atoms with E-state index in [1.54, 1.807) is 31.2 Å². The molecule has 1 atom stereocenters. The van der Waals surface area contributed by atoms with Crippen molar-refractivity contribution in [3.8, 4) is 0 Å². The summed E-state index contributed by atoms with van der Waals surface area (Å²) in [6.07, 6.45) is 2.07. The van der Waals surface area contributed by atoms with Gasteiger partial charge in [0, 0.05) is 18.9 Å². The Morgan fingerprint density at radius 2 is 2.08 bits per heavy atom. The fourth-order valence-corrected chi connectivity index (χ4v) is 3.62. The lowest BCUT2D eigenvalue weighted by Gasteiger charge is -2.18. The fourth-order valence-electron chi connectivity index (χ4n) is 2.81. The lowest BCUT2D eigenvalue weighted by molar-refractivity contribution is -0.112. The number of benzene rings is 1. The Balaban J connectivity index is 1.67. The summed E-state index contributed by atoms with van der Waals surface area (Å²) in [6, 6.07) is 6.99. The first kappa shape index (κ1) is 17.8. The monoisotopic (exact) mass is 362 g/mol. The molecular formula is C18H22N2O4S. The van der Waals surface area contributed by atoms with Gasteiger partial charge in [0.2, 0.25) is 0 Å². The molecule has 2 aliphatic rings. The van der Waals surface area contributed by atoms with Crippen molar-refractivity contribution in [1.29, 1.82) is 0 Å². The standard InChI is InChI=1S/C18H22N2O4S/c1-12-16(25-10-9-23-12)18(22)20-15-7-3-2-6-14(15)17(21)19-11-13-5-4-8-24-13/h2-3,6-7,13H,4-5,8-11H2,1H3,(H,19,21)(H,20,22)/t13-/m0/s1. The van der Waals surface area contributed by atoms with Gasteiger partial charge < -0.3 is 20.1 Å². The van der Waals surface area contributed by atoms with E-state index in [0.29, 0.717) is 35.1 Å². The van der Waals surface area contributed by atoms with Gasteiger partial charge in [-0.1, -0.05) is 12.1 Å². The minimum absolute atomic E-state index is 0.0781. The van der Waals surface area contributed by atoms with Crippen LogP contribution < -0.4 is 10.6 Å². The predicted molar refractivity (Wildman–Crippen MR) is 97.5 cm³/mol. The van der Waals surface area contributed by atoms with Gasteiger partial charge >= 0.3 is 0 Å². The van der Waals surface area contributed by atoms with Crippen LogP contribution >= 0.6 is 11.8 Å². The van der Waals surface area contributed by atoms with Crippen molar-refractivity contribution in [2.24, 2.45) is 0 Å². The molecule has 0 unspecified atom stereocenters. The number of para-hydroxylation sites is 1. The van der Waals surface area contributed by atoms with Gasteiger partial charge in [0.1, 0.15) is 10.7 Å². The van der Waals surface area contributed by atoms with Gasteiger partial charge in [0.15, 0.2) is 0 Å². The van der Waals surface area contributed by atoms with Crippen molar-refractivity contribution in [2.75, 3.05) is 30.8 Å². The van der Waals surface area contributed by atoms with Crippen LogP contribution in [0.1, 0.15) is 30.1 Å². The van der Waals surface area contributed by atoms with Crippen LogP contribution in [0.2, 0.25) is 0 Å². The summed E-state index contributed by atoms with van der Waals surface area (Å²) in [5.74, 6) is 0.893. The third-order valence-corrected chi connectivity index (χ3v) is 5.24. The van der Waals surface area contributed by atoms with Crippen LogP contribution in [-0.4, -0.2) is 43.4 Å². The van der Waals surface area contributed by atoms with E-state index >= 15 is 0 Å². The highest BCUT2D eigenvalue weighted by molar-refractivity contribution is 8.04. The first-order valence-corrected chi connectivity index (χ1v) is 9.40. The van der Waals surface area contributed by atoms with Crippen LogP contribution in [-0.2, 0) is 14.3 Å². The van der Waals surface area contributed by atoms with Crippen LogP contribution in [0.25, 0.3) is 0 Å². The number of allylic oxidation sites excluding steroid dienone is 1. The van der Waals surface area contributed by atoms with Crippen LogP contribution in [0, 0.1) is 0 Å². The number of rotatable bonds is 5. The predicted octanol–water partition coefficient (Wildman–Crippen LogP) is 2.53. The van der Waals surface area contributed by atoms with Crippen LogP contribution in [0.15, 0.2) is 34.9 Å². The number of carbonyl (C=O) groups excluding carboxylic acids is 2. The maximum absolute atomic E-state index is 12.5. The Morgan fingerprint density at radius 3 is 2.84 bits per heavy atom. The zero-order chi connectivity index (χ0) is 17.6. The van der Waals surface area contributed by atoms with Crippen molar-refractivity contribution in [3.05, 3.63) is 40.5 Å². The topological polar surface area (TPSA) is 76.7 Å². The largest absolute Gasteiger partial charge is 0.496 e. The molecule has 2 heterocycles. The zero-order valence-corrected chi connectivity index (χ0v) is 15.0. The summed E-state index contributed by atoms with van der Waals surface area (Å²) >= 11 is 1.47. The molecule has 6 nitrogen and oxygen atoms in total. The minimum atomic E-state index is -0.249. The average Bonchev–Trinajstić information content (AvgIpc) is 3.14. The minimum Gasteiger partial charge on any atom is -0.496 e. The number of anilines is 1. The normalized spacial score (nSPS) is 20.1. The molecule has 2 N–H and O–H groups in total. The number of ether oxygens (including phenoxy) is 2. The summed E-state index contributed by atoms with van der Waals surface area (Å²) in [7, 11) is 0. The highest BCUT2D eigenvalue weighted by atomic mass is 32.2. The van der Waals surface area contributed by atoms with Crippen LogP contribution in [0.5, 0.6) is 0 Å². The highest BCUT2D eigenvalue weighted by Crippen LogP contribution is 2.27. The van der Waals surface area contributed by atoms with E-state index in [0.717, 1.165) is 25.2 Å². The second kappa shape index (κ2) is 8.40. The van der Waals surface area contributed by atoms with E-state index < -0.39 is 0 Å². The third kappa shape index (κ3) is 4.55. The van der Waals surface area contributed by atoms with Gasteiger partial charge in [-0.25, -0.2) is 0 Å². The number of carbonyl (C=O) groups is 2. The number of hydrogen-bond acceptors (Lipinski definition) is 5. The van der Waals surface area contributed by atoms with Crippen molar-refractivity contribution in [2.45, 2.75) is 25.9 Å². The summed E-state index contributed by atoms with van der Waals surface area (Å²) in [6.45, 7) is 3.62. The van der Waals surface area contributed by atoms with Gasteiger partial charge in [-0.15, -0.1) is 11.8 Å². The number of nitrogens with one attached hydrogen (secondary N) is 2. The summed E-state index contributed by atoms with van der Waals surface area (Å²) in [5, 5.41) is 5.72. The van der Waals surface area contributed by atoms with E-state index in [1.807, 2.05) is 0 Å². The summed E-state index contributed by atoms with van der Waals surface area (Å²) in [4.78, 5) is 25.5. The molecule has 1 aromatic carbocycles. The molecule has 1 aromatic rings. The van der Waals surface area contributed by atoms with Crippen molar-refractivity contribution in [3.63, 3.8) is 0 Å². The molecule has 0 bridgehead atoms. The Bertz CT molecular complexity index is 683. The molecule has 0 spiro atoms. The molecule has 0 saturated carbocycles. The Kier molecular flexibility index (Phi) is 5.99. The summed E-state index contributed by atoms with van der Waals surface area (Å²) in [5.41, 5.74) is 0.928. The van der Waals surface area contributed by atoms with Gasteiger partial charge in [0.05, 0.1) is 24.0 Å². The third-order valence-electron chi connectivity index (χ3n) is 4.11. The Morgan fingerprint density at radius 1 is 1.24 bits per heavy atom. The molecule has 134 valence electrons. The van der Waals surface area contributed by atoms with Gasteiger partial charge in [-0.05, 0) is 31.9 Å². The molecule has 2 amide bonds. The second-order valence-electron chi connectivity index (χ2n) is 5.93. The molecule has 7 heteroatoms. The second-order valence-corrected chi connectivity index (χ2v) is 7.03. The maximum atomic E-state index is 12.5. The molecule has 1 saturated heterocycles. The van der Waals surface area contributed by atoms with Crippen LogP contribution in [0.3, 0.4) is 0 Å². The SMILES string of the molecule is CC1=C(C(=O)Nc2ccccc2C(=O)NC[C@@H]2CCCO2)SCCO1. The molecule has 0 radical (unpaired) electrons. The average molecular weight is 362 g/mol. The molecule has 3 rings (SSSR count). The first-order valence-electron chi connectivity index (χ1n) is 8.42. The van der Waals surface area contributed by atoms with Gasteiger partial charge in [0.25, 0.3) is 11.8 Å². The van der Waals surface area contributed by atoms with Crippen molar-refractivity contribution in [1.82, 2.24) is 5.32 Å². The Hall–Kier alpha value is -1.99. The molecule has 2 aliphatic heterocycles. The van der Waals surface area contributed by atoms with E-state index in [-0.39, 0.29) is 17.9 Å². The smallest absolute Gasteiger partial charge is 0.265 e. The van der Waals surface area contributed by atoms with Crippen molar-refractivity contribution < 1.29 is 19.1 Å². The molecule has 0 aliphatic carbocycles. The van der Waals surface area contributed by atoms with Crippen LogP contribution in [0.4, 0.5) is 5.69 Å². The first-order chi connectivity index (χ1) is 12.1. The van der Waals surface area contributed by atoms with E-state index in [9.17, 15) is 9.59 Å². The van der Waals surface area contributed by atoms with Gasteiger partial charge in [-0.2, -0.15) is 0 Å². The molecule has 0 aromatic heterocycles. The van der Waals surface area contributed by atoms with E-state index in [1.165, 1.54) is 11.8 Å². The number of amides is 2. The summed E-state index contributed by atoms with van der Waals surface area (Å²) < 4.78 is 10.9. The Labute approximate surface area is 151 Å². The zero-order valence-electron chi connectivity index (χ0n) is 14.2.